The van der Waals surface area contributed by atoms with E-state index in [1.807, 2.05) is 6.92 Å². The topological polar surface area (TPSA) is 24.4 Å². The molecule has 0 saturated carbocycles. The molecular formula is C6H12N2. The number of hydrogen-bond acceptors (Lipinski definition) is 2. The standard InChI is InChI=1S/C6H12N2/c1-4-6(3)8-7-5-2/h5,7H,2,4H2,1,3H3/b8-6-. The quantitative estimate of drug-likeness (QED) is 0.434. The summed E-state index contributed by atoms with van der Waals surface area (Å²) < 4.78 is 0. The largest absolute Gasteiger partial charge is 0.286 e. The van der Waals surface area contributed by atoms with Gasteiger partial charge in [0.05, 0.1) is 0 Å². The Kier molecular flexibility index (Phi) is 3.94. The Hall–Kier alpha value is -0.790. The van der Waals surface area contributed by atoms with E-state index in [2.05, 4.69) is 24.0 Å². The molecule has 0 aliphatic heterocycles. The molecule has 0 aliphatic carbocycles. The lowest BCUT2D eigenvalue weighted by Crippen LogP contribution is -1.98. The van der Waals surface area contributed by atoms with Crippen molar-refractivity contribution in [3.05, 3.63) is 12.8 Å². The van der Waals surface area contributed by atoms with Crippen LogP contribution in [0.5, 0.6) is 0 Å². The molecule has 2 heteroatoms. The first-order valence-electron chi connectivity index (χ1n) is 2.70. The molecule has 0 rings (SSSR count). The van der Waals surface area contributed by atoms with Crippen LogP contribution in [-0.4, -0.2) is 5.71 Å². The highest BCUT2D eigenvalue weighted by atomic mass is 15.3. The van der Waals surface area contributed by atoms with Crippen molar-refractivity contribution in [1.29, 1.82) is 0 Å². The third kappa shape index (κ3) is 3.40. The summed E-state index contributed by atoms with van der Waals surface area (Å²) in [5.74, 6) is 0. The second kappa shape index (κ2) is 4.37. The summed E-state index contributed by atoms with van der Waals surface area (Å²) in [5.41, 5.74) is 3.74. The zero-order valence-electron chi connectivity index (χ0n) is 5.44. The minimum Gasteiger partial charge on any atom is -0.286 e. The fourth-order valence-corrected chi connectivity index (χ4v) is 0.235. The molecule has 0 atom stereocenters. The lowest BCUT2D eigenvalue weighted by molar-refractivity contribution is 0.955. The number of nitrogens with zero attached hydrogens (tertiary/aromatic N) is 1. The van der Waals surface area contributed by atoms with Gasteiger partial charge in [0.15, 0.2) is 0 Å². The van der Waals surface area contributed by atoms with E-state index < -0.39 is 0 Å². The summed E-state index contributed by atoms with van der Waals surface area (Å²) >= 11 is 0. The van der Waals surface area contributed by atoms with E-state index in [1.54, 1.807) is 6.20 Å². The first kappa shape index (κ1) is 7.21. The smallest absolute Gasteiger partial charge is 0.0348 e. The molecule has 0 bridgehead atoms. The highest BCUT2D eigenvalue weighted by Crippen LogP contribution is 1.79. The van der Waals surface area contributed by atoms with Gasteiger partial charge in [-0.1, -0.05) is 13.5 Å². The fourth-order valence-electron chi connectivity index (χ4n) is 0.235. The van der Waals surface area contributed by atoms with Crippen LogP contribution in [0.4, 0.5) is 0 Å². The normalized spacial score (nSPS) is 11.0. The minimum absolute atomic E-state index is 0.987. The van der Waals surface area contributed by atoms with Crippen LogP contribution in [0, 0.1) is 0 Å². The molecule has 0 aromatic carbocycles. The molecule has 46 valence electrons. The summed E-state index contributed by atoms with van der Waals surface area (Å²) in [6.45, 7) is 7.48. The van der Waals surface area contributed by atoms with Gasteiger partial charge in [0, 0.05) is 11.9 Å². The Balaban J connectivity index is 3.40. The molecule has 0 saturated heterocycles. The Morgan fingerprint density at radius 2 is 2.50 bits per heavy atom. The van der Waals surface area contributed by atoms with Crippen LogP contribution in [0.3, 0.4) is 0 Å². The van der Waals surface area contributed by atoms with Crippen LogP contribution in [-0.2, 0) is 0 Å². The van der Waals surface area contributed by atoms with E-state index in [9.17, 15) is 0 Å². The van der Waals surface area contributed by atoms with E-state index >= 15 is 0 Å². The SMILES string of the molecule is C=CN/N=C(/C)CC. The number of rotatable bonds is 3. The maximum absolute atomic E-state index is 3.91. The third-order valence-electron chi connectivity index (χ3n) is 0.858. The van der Waals surface area contributed by atoms with Gasteiger partial charge in [-0.05, 0) is 13.3 Å². The molecule has 0 fully saturated rings. The van der Waals surface area contributed by atoms with E-state index in [4.69, 9.17) is 0 Å². The van der Waals surface area contributed by atoms with E-state index in [0.717, 1.165) is 12.1 Å². The predicted molar refractivity (Wildman–Crippen MR) is 36.7 cm³/mol. The summed E-state index contributed by atoms with van der Waals surface area (Å²) in [6, 6.07) is 0. The van der Waals surface area contributed by atoms with Gasteiger partial charge < -0.3 is 0 Å². The zero-order chi connectivity index (χ0) is 6.41. The number of nitrogens with one attached hydrogen (secondary N) is 1. The Bertz CT molecular complexity index is 94.7. The molecule has 2 nitrogen and oxygen atoms in total. The number of hydrogen-bond donors (Lipinski definition) is 1. The molecule has 0 aliphatic rings. The first-order valence-corrected chi connectivity index (χ1v) is 2.70. The molecule has 0 radical (unpaired) electrons. The zero-order valence-corrected chi connectivity index (χ0v) is 5.44. The highest BCUT2D eigenvalue weighted by molar-refractivity contribution is 5.81. The van der Waals surface area contributed by atoms with E-state index in [-0.39, 0.29) is 0 Å². The summed E-state index contributed by atoms with van der Waals surface area (Å²) in [5, 5.41) is 3.91. The van der Waals surface area contributed by atoms with Crippen molar-refractivity contribution < 1.29 is 0 Å². The van der Waals surface area contributed by atoms with Crippen molar-refractivity contribution in [2.75, 3.05) is 0 Å². The lowest BCUT2D eigenvalue weighted by atomic mass is 10.3. The van der Waals surface area contributed by atoms with Gasteiger partial charge >= 0.3 is 0 Å². The van der Waals surface area contributed by atoms with Crippen molar-refractivity contribution in [2.24, 2.45) is 5.10 Å². The Morgan fingerprint density at radius 3 is 2.88 bits per heavy atom. The lowest BCUT2D eigenvalue weighted by Gasteiger charge is -1.91. The van der Waals surface area contributed by atoms with Gasteiger partial charge in [0.25, 0.3) is 0 Å². The summed E-state index contributed by atoms with van der Waals surface area (Å²) in [7, 11) is 0. The van der Waals surface area contributed by atoms with E-state index in [0.29, 0.717) is 0 Å². The van der Waals surface area contributed by atoms with E-state index in [1.165, 1.54) is 0 Å². The molecule has 0 heterocycles. The Morgan fingerprint density at radius 1 is 1.88 bits per heavy atom. The maximum Gasteiger partial charge on any atom is 0.0348 e. The highest BCUT2D eigenvalue weighted by Gasteiger charge is 1.79. The van der Waals surface area contributed by atoms with Gasteiger partial charge in [-0.15, -0.1) is 0 Å². The van der Waals surface area contributed by atoms with Crippen molar-refractivity contribution >= 4 is 5.71 Å². The summed E-state index contributed by atoms with van der Waals surface area (Å²) in [6.07, 6.45) is 2.54. The fraction of sp³-hybridized carbons (Fsp3) is 0.500. The average Bonchev–Trinajstić information content (AvgIpc) is 1.83. The molecule has 0 amide bonds. The van der Waals surface area contributed by atoms with Crippen LogP contribution >= 0.6 is 0 Å². The van der Waals surface area contributed by atoms with Crippen molar-refractivity contribution in [3.8, 4) is 0 Å². The van der Waals surface area contributed by atoms with Gasteiger partial charge in [-0.25, -0.2) is 0 Å². The number of hydrazone groups is 1. The minimum atomic E-state index is 0.987. The monoisotopic (exact) mass is 112 g/mol. The molecular weight excluding hydrogens is 100 g/mol. The van der Waals surface area contributed by atoms with Crippen LogP contribution in [0.15, 0.2) is 17.9 Å². The van der Waals surface area contributed by atoms with Crippen molar-refractivity contribution in [3.63, 3.8) is 0 Å². The van der Waals surface area contributed by atoms with Crippen LogP contribution in [0.1, 0.15) is 20.3 Å². The predicted octanol–water partition coefficient (Wildman–Crippen LogP) is 1.51. The van der Waals surface area contributed by atoms with Crippen LogP contribution < -0.4 is 5.43 Å². The van der Waals surface area contributed by atoms with Gasteiger partial charge in [-0.2, -0.15) is 5.10 Å². The van der Waals surface area contributed by atoms with Gasteiger partial charge in [-0.3, -0.25) is 5.43 Å². The van der Waals surface area contributed by atoms with Gasteiger partial charge in [0.2, 0.25) is 0 Å². The molecule has 0 aromatic heterocycles. The third-order valence-corrected chi connectivity index (χ3v) is 0.858. The average molecular weight is 112 g/mol. The second-order valence-corrected chi connectivity index (χ2v) is 1.53. The second-order valence-electron chi connectivity index (χ2n) is 1.53. The first-order chi connectivity index (χ1) is 3.81. The molecule has 0 spiro atoms. The Labute approximate surface area is 50.3 Å². The maximum atomic E-state index is 3.91. The van der Waals surface area contributed by atoms with Crippen molar-refractivity contribution in [1.82, 2.24) is 5.43 Å². The van der Waals surface area contributed by atoms with Gasteiger partial charge in [0.1, 0.15) is 0 Å². The van der Waals surface area contributed by atoms with Crippen LogP contribution in [0.25, 0.3) is 0 Å². The molecule has 8 heavy (non-hydrogen) atoms. The molecule has 1 N–H and O–H groups in total. The molecule has 0 aromatic rings. The van der Waals surface area contributed by atoms with Crippen molar-refractivity contribution in [2.45, 2.75) is 20.3 Å². The molecule has 0 unspecified atom stereocenters. The summed E-state index contributed by atoms with van der Waals surface area (Å²) in [4.78, 5) is 0. The van der Waals surface area contributed by atoms with Crippen LogP contribution in [0.2, 0.25) is 0 Å².